The van der Waals surface area contributed by atoms with Gasteiger partial charge >= 0.3 is 12.1 Å². The monoisotopic (exact) mass is 589 g/mol. The molecule has 0 saturated carbocycles. The standard InChI is InChI=1S/C32H43N7O4/c1-6-24-12-13-25(33)27(37-24)23-14-16-39(17-15-23)29-21(2)28(35-20-36-29)34-18-26(30(40)43-32(3,4)5)38-31(41)42-19-22-10-8-7-9-11-22/h7-13,20,23,26H,6,14-19,33H2,1-5H3,(H,38,41)(H,34,35,36). The van der Waals surface area contributed by atoms with Gasteiger partial charge in [0.05, 0.1) is 11.4 Å². The molecule has 3 aromatic rings. The average molecular weight is 590 g/mol. The molecular formula is C32H43N7O4. The van der Waals surface area contributed by atoms with Crippen LogP contribution >= 0.6 is 0 Å². The van der Waals surface area contributed by atoms with Crippen molar-refractivity contribution in [1.82, 2.24) is 20.3 Å². The van der Waals surface area contributed by atoms with Crippen molar-refractivity contribution < 1.29 is 19.1 Å². The number of anilines is 3. The predicted molar refractivity (Wildman–Crippen MR) is 167 cm³/mol. The number of nitrogens with two attached hydrogens (primary N) is 1. The molecule has 1 aromatic carbocycles. The van der Waals surface area contributed by atoms with Crippen molar-refractivity contribution in [2.45, 2.75) is 78.0 Å². The Kier molecular flexibility index (Phi) is 10.4. The molecule has 43 heavy (non-hydrogen) atoms. The van der Waals surface area contributed by atoms with Crippen molar-refractivity contribution in [3.05, 3.63) is 71.3 Å². The fourth-order valence-corrected chi connectivity index (χ4v) is 5.03. The Morgan fingerprint density at radius 3 is 2.49 bits per heavy atom. The van der Waals surface area contributed by atoms with Crippen molar-refractivity contribution in [1.29, 1.82) is 0 Å². The number of nitrogens with one attached hydrogen (secondary N) is 2. The van der Waals surface area contributed by atoms with Crippen LogP contribution in [0.25, 0.3) is 0 Å². The minimum absolute atomic E-state index is 0.0490. The van der Waals surface area contributed by atoms with E-state index in [1.54, 1.807) is 20.8 Å². The maximum atomic E-state index is 13.0. The number of nitrogens with zero attached hydrogens (tertiary/aromatic N) is 4. The number of hydrogen-bond acceptors (Lipinski definition) is 10. The quantitative estimate of drug-likeness (QED) is 0.283. The molecule has 0 radical (unpaired) electrons. The zero-order chi connectivity index (χ0) is 31.0. The van der Waals surface area contributed by atoms with E-state index < -0.39 is 23.7 Å². The highest BCUT2D eigenvalue weighted by Gasteiger charge is 2.29. The normalized spacial score (nSPS) is 14.6. The summed E-state index contributed by atoms with van der Waals surface area (Å²) in [6.07, 6.45) is 3.48. The van der Waals surface area contributed by atoms with Crippen LogP contribution in [-0.4, -0.2) is 58.3 Å². The number of benzene rings is 1. The molecule has 1 fully saturated rings. The largest absolute Gasteiger partial charge is 0.458 e. The van der Waals surface area contributed by atoms with Crippen LogP contribution in [0.5, 0.6) is 0 Å². The highest BCUT2D eigenvalue weighted by Crippen LogP contribution is 2.33. The number of aryl methyl sites for hydroxylation is 1. The van der Waals surface area contributed by atoms with E-state index in [2.05, 4.69) is 32.4 Å². The van der Waals surface area contributed by atoms with Gasteiger partial charge < -0.3 is 30.7 Å². The van der Waals surface area contributed by atoms with Crippen LogP contribution in [0, 0.1) is 6.92 Å². The number of nitrogen functional groups attached to an aromatic ring is 1. The van der Waals surface area contributed by atoms with E-state index >= 15 is 0 Å². The fourth-order valence-electron chi connectivity index (χ4n) is 5.03. The SMILES string of the molecule is CCc1ccc(N)c(C2CCN(c3ncnc(NCC(NC(=O)OCc4ccccc4)C(=O)OC(C)(C)C)c3C)CC2)n1. The van der Waals surface area contributed by atoms with Crippen LogP contribution < -0.4 is 21.3 Å². The maximum Gasteiger partial charge on any atom is 0.408 e. The zero-order valence-corrected chi connectivity index (χ0v) is 25.7. The molecule has 0 spiro atoms. The fraction of sp³-hybridized carbons (Fsp3) is 0.469. The lowest BCUT2D eigenvalue weighted by molar-refractivity contribution is -0.156. The zero-order valence-electron chi connectivity index (χ0n) is 25.7. The summed E-state index contributed by atoms with van der Waals surface area (Å²) in [4.78, 5) is 41.7. The minimum atomic E-state index is -1.01. The van der Waals surface area contributed by atoms with Crippen molar-refractivity contribution >= 4 is 29.4 Å². The number of piperidine rings is 1. The molecule has 0 aliphatic carbocycles. The van der Waals surface area contributed by atoms with Crippen LogP contribution in [0.2, 0.25) is 0 Å². The van der Waals surface area contributed by atoms with Gasteiger partial charge in [-0.1, -0.05) is 37.3 Å². The molecule has 1 unspecified atom stereocenters. The number of carbonyl (C=O) groups excluding carboxylic acids is 2. The summed E-state index contributed by atoms with van der Waals surface area (Å²) < 4.78 is 10.9. The van der Waals surface area contributed by atoms with Gasteiger partial charge in [0.1, 0.15) is 36.2 Å². The first kappa shape index (κ1) is 31.5. The first-order chi connectivity index (χ1) is 20.5. The second-order valence-corrected chi connectivity index (χ2v) is 11.7. The third kappa shape index (κ3) is 8.79. The van der Waals surface area contributed by atoms with Crippen LogP contribution in [0.4, 0.5) is 22.1 Å². The number of pyridine rings is 1. The van der Waals surface area contributed by atoms with Crippen LogP contribution in [0.1, 0.15) is 69.0 Å². The van der Waals surface area contributed by atoms with E-state index in [0.717, 1.165) is 66.4 Å². The van der Waals surface area contributed by atoms with E-state index in [1.165, 1.54) is 6.33 Å². The summed E-state index contributed by atoms with van der Waals surface area (Å²) in [5.41, 5.74) is 10.0. The smallest absolute Gasteiger partial charge is 0.408 e. The van der Waals surface area contributed by atoms with Crippen molar-refractivity contribution in [2.24, 2.45) is 0 Å². The Labute approximate surface area is 253 Å². The number of amides is 1. The van der Waals surface area contributed by atoms with Crippen molar-refractivity contribution in [3.8, 4) is 0 Å². The number of esters is 1. The van der Waals surface area contributed by atoms with Gasteiger partial charge in [-0.3, -0.25) is 4.98 Å². The van der Waals surface area contributed by atoms with Gasteiger partial charge in [0, 0.05) is 36.8 Å². The molecule has 3 heterocycles. The summed E-state index contributed by atoms with van der Waals surface area (Å²) in [6, 6.07) is 12.3. The summed E-state index contributed by atoms with van der Waals surface area (Å²) in [7, 11) is 0. The average Bonchev–Trinajstić information content (AvgIpc) is 2.99. The molecule has 1 aliphatic rings. The molecule has 2 aromatic heterocycles. The van der Waals surface area contributed by atoms with E-state index in [4.69, 9.17) is 20.2 Å². The van der Waals surface area contributed by atoms with Crippen LogP contribution in [0.15, 0.2) is 48.8 Å². The number of ether oxygens (including phenoxy) is 2. The lowest BCUT2D eigenvalue weighted by atomic mass is 9.91. The molecule has 0 bridgehead atoms. The van der Waals surface area contributed by atoms with Gasteiger partial charge in [0.15, 0.2) is 0 Å². The second-order valence-electron chi connectivity index (χ2n) is 11.7. The van der Waals surface area contributed by atoms with E-state index in [-0.39, 0.29) is 13.2 Å². The number of alkyl carbamates (subject to hydrolysis) is 1. The number of aromatic nitrogens is 3. The van der Waals surface area contributed by atoms with Gasteiger partial charge in [-0.25, -0.2) is 19.6 Å². The summed E-state index contributed by atoms with van der Waals surface area (Å²) in [6.45, 7) is 11.1. The molecule has 230 valence electrons. The minimum Gasteiger partial charge on any atom is -0.458 e. The first-order valence-electron chi connectivity index (χ1n) is 14.8. The molecule has 11 heteroatoms. The predicted octanol–water partition coefficient (Wildman–Crippen LogP) is 4.76. The third-order valence-corrected chi connectivity index (χ3v) is 7.29. The summed E-state index contributed by atoms with van der Waals surface area (Å²) in [5, 5.41) is 5.86. The second kappa shape index (κ2) is 14.2. The Morgan fingerprint density at radius 2 is 1.81 bits per heavy atom. The lowest BCUT2D eigenvalue weighted by Gasteiger charge is -2.34. The lowest BCUT2D eigenvalue weighted by Crippen LogP contribution is -2.48. The van der Waals surface area contributed by atoms with E-state index in [9.17, 15) is 9.59 Å². The Bertz CT molecular complexity index is 1390. The molecule has 1 amide bonds. The Hall–Kier alpha value is -4.41. The molecular weight excluding hydrogens is 546 g/mol. The van der Waals surface area contributed by atoms with Crippen LogP contribution in [-0.2, 0) is 27.3 Å². The van der Waals surface area contributed by atoms with Crippen molar-refractivity contribution in [2.75, 3.05) is 35.6 Å². The number of carbonyl (C=O) groups is 2. The number of rotatable bonds is 10. The molecule has 1 saturated heterocycles. The van der Waals surface area contributed by atoms with Gasteiger partial charge in [-0.05, 0) is 64.7 Å². The van der Waals surface area contributed by atoms with Gasteiger partial charge in [0.25, 0.3) is 0 Å². The molecule has 1 aliphatic heterocycles. The molecule has 4 N–H and O–H groups in total. The third-order valence-electron chi connectivity index (χ3n) is 7.29. The van der Waals surface area contributed by atoms with E-state index in [1.807, 2.05) is 49.4 Å². The molecule has 4 rings (SSSR count). The molecule has 11 nitrogen and oxygen atoms in total. The van der Waals surface area contributed by atoms with Gasteiger partial charge in [-0.2, -0.15) is 0 Å². The Balaban J connectivity index is 1.40. The molecule has 1 atom stereocenters. The number of hydrogen-bond donors (Lipinski definition) is 3. The summed E-state index contributed by atoms with van der Waals surface area (Å²) in [5.74, 6) is 1.11. The van der Waals surface area contributed by atoms with Gasteiger partial charge in [-0.15, -0.1) is 0 Å². The van der Waals surface area contributed by atoms with Crippen LogP contribution in [0.3, 0.4) is 0 Å². The van der Waals surface area contributed by atoms with Crippen molar-refractivity contribution in [3.63, 3.8) is 0 Å². The Morgan fingerprint density at radius 1 is 1.09 bits per heavy atom. The summed E-state index contributed by atoms with van der Waals surface area (Å²) >= 11 is 0. The highest BCUT2D eigenvalue weighted by atomic mass is 16.6. The first-order valence-corrected chi connectivity index (χ1v) is 14.8. The highest BCUT2D eigenvalue weighted by molar-refractivity contribution is 5.82. The topological polar surface area (TPSA) is 145 Å². The maximum absolute atomic E-state index is 13.0. The van der Waals surface area contributed by atoms with E-state index in [0.29, 0.717) is 11.7 Å². The van der Waals surface area contributed by atoms with Gasteiger partial charge in [0.2, 0.25) is 0 Å².